The molecule has 0 amide bonds. The Morgan fingerprint density at radius 3 is 2.28 bits per heavy atom. The lowest BCUT2D eigenvalue weighted by atomic mass is 10.1. The Bertz CT molecular complexity index is 1180. The maximum atomic E-state index is 12.6. The largest absolute Gasteiger partial charge is 0.497 e. The summed E-state index contributed by atoms with van der Waals surface area (Å²) in [5.41, 5.74) is 0.915. The number of aliphatic hydroxyl groups is 1. The molecule has 29 heavy (non-hydrogen) atoms. The average molecular weight is 418 g/mol. The van der Waals surface area contributed by atoms with E-state index in [1.54, 1.807) is 31.4 Å². The summed E-state index contributed by atoms with van der Waals surface area (Å²) in [5, 5.41) is 20.1. The van der Waals surface area contributed by atoms with Crippen molar-refractivity contribution in [1.82, 2.24) is 9.78 Å². The van der Waals surface area contributed by atoms with Crippen LogP contribution in [0.1, 0.15) is 0 Å². The minimum Gasteiger partial charge on any atom is -0.497 e. The Kier molecular flexibility index (Phi) is 5.92. The first-order valence-electron chi connectivity index (χ1n) is 8.41. The lowest BCUT2D eigenvalue weighted by Gasteiger charge is -2.02. The van der Waals surface area contributed by atoms with Crippen molar-refractivity contribution in [1.29, 1.82) is 0 Å². The highest BCUT2D eigenvalue weighted by molar-refractivity contribution is 7.85. The van der Waals surface area contributed by atoms with E-state index in [4.69, 9.17) is 14.4 Å². The fraction of sp³-hybridized carbons (Fsp3) is 0.167. The number of nitrogens with one attached hydrogen (secondary N) is 1. The smallest absolute Gasteiger partial charge is 0.295 e. The van der Waals surface area contributed by atoms with Crippen molar-refractivity contribution in [3.63, 3.8) is 0 Å². The van der Waals surface area contributed by atoms with Gasteiger partial charge >= 0.3 is 0 Å². The van der Waals surface area contributed by atoms with E-state index in [9.17, 15) is 13.2 Å². The van der Waals surface area contributed by atoms with E-state index in [0.717, 1.165) is 0 Å². The van der Waals surface area contributed by atoms with Crippen molar-refractivity contribution in [2.45, 2.75) is 11.4 Å². The summed E-state index contributed by atoms with van der Waals surface area (Å²) >= 11 is 0. The number of ether oxygens (including phenoxy) is 1. The van der Waals surface area contributed by atoms with Crippen molar-refractivity contribution in [2.24, 2.45) is 10.2 Å². The van der Waals surface area contributed by atoms with Crippen molar-refractivity contribution in [3.05, 3.63) is 58.9 Å². The molecule has 0 atom stereocenters. The number of hydrogen-bond acceptors (Lipinski definition) is 7. The van der Waals surface area contributed by atoms with Crippen LogP contribution in [0.4, 0.5) is 11.4 Å². The van der Waals surface area contributed by atoms with E-state index < -0.39 is 15.7 Å². The molecule has 0 aliphatic rings. The SMILES string of the molecule is COc1ccc(-c2[nH]n(CCO)c(=O)c2N=Nc2ccc(S(=O)(=O)O)cc2)cc1. The molecule has 0 spiro atoms. The molecule has 0 saturated carbocycles. The summed E-state index contributed by atoms with van der Waals surface area (Å²) in [4.78, 5) is 12.3. The van der Waals surface area contributed by atoms with Crippen LogP contribution in [0.5, 0.6) is 5.75 Å². The third kappa shape index (κ3) is 4.59. The molecule has 0 unspecified atom stereocenters. The molecule has 0 saturated heterocycles. The van der Waals surface area contributed by atoms with Gasteiger partial charge < -0.3 is 9.84 Å². The lowest BCUT2D eigenvalue weighted by molar-refractivity contribution is 0.267. The number of azo groups is 1. The topological polar surface area (TPSA) is 146 Å². The molecule has 3 aromatic rings. The first-order valence-corrected chi connectivity index (χ1v) is 9.85. The number of aromatic amines is 1. The van der Waals surface area contributed by atoms with E-state index in [1.165, 1.54) is 28.9 Å². The number of rotatable bonds is 7. The first kappa shape index (κ1) is 20.5. The fourth-order valence-corrected chi connectivity index (χ4v) is 3.06. The van der Waals surface area contributed by atoms with Gasteiger partial charge in [-0.15, -0.1) is 5.11 Å². The summed E-state index contributed by atoms with van der Waals surface area (Å²) in [7, 11) is -2.77. The number of hydrogen-bond donors (Lipinski definition) is 3. The second-order valence-corrected chi connectivity index (χ2v) is 7.33. The number of aromatic nitrogens is 2. The Morgan fingerprint density at radius 2 is 1.72 bits per heavy atom. The standard InChI is InChI=1S/C18H18N4O6S/c1-28-14-6-2-12(3-7-14)16-17(18(24)22(21-16)10-11-23)20-19-13-4-8-15(9-5-13)29(25,26)27/h2-9,21,23H,10-11H2,1H3,(H,25,26,27). The average Bonchev–Trinajstić information content (AvgIpc) is 3.02. The summed E-state index contributed by atoms with van der Waals surface area (Å²) in [6, 6.07) is 12.0. The first-order chi connectivity index (χ1) is 13.8. The predicted octanol–water partition coefficient (Wildman–Crippen LogP) is 2.51. The van der Waals surface area contributed by atoms with Crippen LogP contribution in [-0.4, -0.2) is 41.6 Å². The number of methoxy groups -OCH3 is 1. The molecule has 10 nitrogen and oxygen atoms in total. The summed E-state index contributed by atoms with van der Waals surface area (Å²) < 4.78 is 37.6. The van der Waals surface area contributed by atoms with Crippen LogP contribution >= 0.6 is 0 Å². The Morgan fingerprint density at radius 1 is 1.07 bits per heavy atom. The van der Waals surface area contributed by atoms with Crippen LogP contribution in [0.3, 0.4) is 0 Å². The van der Waals surface area contributed by atoms with Crippen molar-refractivity contribution < 1.29 is 22.8 Å². The zero-order valence-corrected chi connectivity index (χ0v) is 16.1. The maximum absolute atomic E-state index is 12.6. The molecule has 0 fully saturated rings. The molecular formula is C18H18N4O6S. The molecule has 3 N–H and O–H groups in total. The monoisotopic (exact) mass is 418 g/mol. The van der Waals surface area contributed by atoms with Gasteiger partial charge in [0.05, 0.1) is 36.5 Å². The quantitative estimate of drug-likeness (QED) is 0.397. The fourth-order valence-electron chi connectivity index (χ4n) is 2.58. The van der Waals surface area contributed by atoms with Gasteiger partial charge in [0, 0.05) is 5.56 Å². The Balaban J connectivity index is 2.00. The third-order valence-electron chi connectivity index (χ3n) is 4.03. The van der Waals surface area contributed by atoms with Crippen LogP contribution in [0.15, 0.2) is 68.4 Å². The minimum atomic E-state index is -4.31. The molecule has 11 heteroatoms. The number of benzene rings is 2. The van der Waals surface area contributed by atoms with Crippen LogP contribution in [-0.2, 0) is 16.7 Å². The summed E-state index contributed by atoms with van der Waals surface area (Å²) in [5.74, 6) is 0.646. The highest BCUT2D eigenvalue weighted by atomic mass is 32.2. The molecule has 1 heterocycles. The summed E-state index contributed by atoms with van der Waals surface area (Å²) in [6.45, 7) is -0.184. The molecule has 152 valence electrons. The molecular weight excluding hydrogens is 400 g/mol. The van der Waals surface area contributed by atoms with Gasteiger partial charge in [0.25, 0.3) is 15.7 Å². The molecule has 1 aromatic heterocycles. The highest BCUT2D eigenvalue weighted by Crippen LogP contribution is 2.29. The van der Waals surface area contributed by atoms with Gasteiger partial charge in [-0.3, -0.25) is 14.4 Å². The second-order valence-electron chi connectivity index (χ2n) is 5.91. The van der Waals surface area contributed by atoms with Crippen molar-refractivity contribution in [2.75, 3.05) is 13.7 Å². The van der Waals surface area contributed by atoms with E-state index in [1.807, 2.05) is 0 Å². The van der Waals surface area contributed by atoms with Crippen LogP contribution in [0.2, 0.25) is 0 Å². The molecule has 3 rings (SSSR count). The zero-order valence-electron chi connectivity index (χ0n) is 15.3. The maximum Gasteiger partial charge on any atom is 0.295 e. The molecule has 0 bridgehead atoms. The minimum absolute atomic E-state index is 0.0301. The lowest BCUT2D eigenvalue weighted by Crippen LogP contribution is -2.18. The third-order valence-corrected chi connectivity index (χ3v) is 4.90. The number of H-pyrrole nitrogens is 1. The molecule has 2 aromatic carbocycles. The van der Waals surface area contributed by atoms with Crippen molar-refractivity contribution in [3.8, 4) is 17.0 Å². The van der Waals surface area contributed by atoms with Crippen LogP contribution < -0.4 is 10.3 Å². The number of aliphatic hydroxyl groups excluding tert-OH is 1. The normalized spacial score (nSPS) is 11.8. The second kappa shape index (κ2) is 8.39. The van der Waals surface area contributed by atoms with Gasteiger partial charge in [-0.1, -0.05) is 0 Å². The van der Waals surface area contributed by atoms with Gasteiger partial charge in [-0.05, 0) is 48.5 Å². The van der Waals surface area contributed by atoms with Gasteiger partial charge in [-0.25, -0.2) is 4.68 Å². The number of nitrogens with zero attached hydrogens (tertiary/aromatic N) is 3. The highest BCUT2D eigenvalue weighted by Gasteiger charge is 2.16. The molecule has 0 radical (unpaired) electrons. The van der Waals surface area contributed by atoms with Crippen molar-refractivity contribution >= 4 is 21.5 Å². The Hall–Kier alpha value is -3.28. The van der Waals surface area contributed by atoms with Gasteiger partial charge in [0.1, 0.15) is 5.75 Å². The van der Waals surface area contributed by atoms with Crippen LogP contribution in [0.25, 0.3) is 11.3 Å². The zero-order chi connectivity index (χ0) is 21.0. The van der Waals surface area contributed by atoms with Crippen LogP contribution in [0, 0.1) is 0 Å². The molecule has 0 aliphatic carbocycles. The van der Waals surface area contributed by atoms with Gasteiger partial charge in [0.2, 0.25) is 0 Å². The Labute approximate surface area is 165 Å². The van der Waals surface area contributed by atoms with Gasteiger partial charge in [-0.2, -0.15) is 13.5 Å². The van der Waals surface area contributed by atoms with E-state index in [0.29, 0.717) is 17.0 Å². The predicted molar refractivity (Wildman–Crippen MR) is 105 cm³/mol. The van der Waals surface area contributed by atoms with E-state index >= 15 is 0 Å². The van der Waals surface area contributed by atoms with E-state index in [-0.39, 0.29) is 29.4 Å². The van der Waals surface area contributed by atoms with Gasteiger partial charge in [0.15, 0.2) is 5.69 Å². The van der Waals surface area contributed by atoms with E-state index in [2.05, 4.69) is 15.3 Å². The summed E-state index contributed by atoms with van der Waals surface area (Å²) in [6.07, 6.45) is 0. The molecule has 0 aliphatic heterocycles.